The maximum absolute atomic E-state index is 2.71. The summed E-state index contributed by atoms with van der Waals surface area (Å²) in [4.78, 5) is 0. The normalized spacial score (nSPS) is 43.5. The van der Waals surface area contributed by atoms with Crippen LogP contribution in [0.15, 0.2) is 22.8 Å². The summed E-state index contributed by atoms with van der Waals surface area (Å²) in [7, 11) is 0. The van der Waals surface area contributed by atoms with Crippen molar-refractivity contribution < 1.29 is 0 Å². The van der Waals surface area contributed by atoms with Gasteiger partial charge in [0, 0.05) is 0 Å². The maximum Gasteiger partial charge on any atom is -0.00568 e. The molecule has 2 fully saturated rings. The highest BCUT2D eigenvalue weighted by atomic mass is 14.7. The van der Waals surface area contributed by atoms with Crippen molar-refractivity contribution in [1.29, 1.82) is 0 Å². The molecule has 0 nitrogen and oxygen atoms in total. The monoisotopic (exact) mass is 410 g/mol. The van der Waals surface area contributed by atoms with Gasteiger partial charge in [-0.2, -0.15) is 0 Å². The maximum atomic E-state index is 2.71. The Bertz CT molecular complexity index is 731. The van der Waals surface area contributed by atoms with Crippen LogP contribution in [0.3, 0.4) is 0 Å². The standard InChI is InChI=1S/C30H50/c1-21(2)11-9-12-22(3)23-15-19-30(8)25-13-14-26-27(4,5)17-10-18-28(26,6)24(25)16-20-29(23,30)7/h11,22-23,26H,9-10,12-20H2,1-8H3/t22-,23+,26+,28-,29+,30-/m1/s1. The van der Waals surface area contributed by atoms with E-state index in [-0.39, 0.29) is 0 Å². The van der Waals surface area contributed by atoms with Crippen LogP contribution in [-0.2, 0) is 0 Å². The summed E-state index contributed by atoms with van der Waals surface area (Å²) in [6.45, 7) is 20.3. The zero-order valence-corrected chi connectivity index (χ0v) is 21.6. The molecule has 0 spiro atoms. The number of hydrogen-bond donors (Lipinski definition) is 0. The minimum atomic E-state index is 0.464. The Morgan fingerprint density at radius 2 is 1.67 bits per heavy atom. The van der Waals surface area contributed by atoms with Crippen LogP contribution in [0.25, 0.3) is 0 Å². The molecule has 0 radical (unpaired) electrons. The van der Waals surface area contributed by atoms with E-state index >= 15 is 0 Å². The van der Waals surface area contributed by atoms with Crippen LogP contribution in [0.1, 0.15) is 126 Å². The molecule has 0 unspecified atom stereocenters. The molecule has 0 aromatic rings. The van der Waals surface area contributed by atoms with Gasteiger partial charge in [-0.3, -0.25) is 0 Å². The van der Waals surface area contributed by atoms with Gasteiger partial charge in [-0.25, -0.2) is 0 Å². The third-order valence-electron chi connectivity index (χ3n) is 11.4. The van der Waals surface area contributed by atoms with Crippen molar-refractivity contribution in [2.75, 3.05) is 0 Å². The molecule has 0 heterocycles. The van der Waals surface area contributed by atoms with Crippen molar-refractivity contribution in [3.8, 4) is 0 Å². The summed E-state index contributed by atoms with van der Waals surface area (Å²) in [6.07, 6.45) is 18.1. The van der Waals surface area contributed by atoms with Gasteiger partial charge < -0.3 is 0 Å². The van der Waals surface area contributed by atoms with Crippen molar-refractivity contribution >= 4 is 0 Å². The second-order valence-corrected chi connectivity index (χ2v) is 13.5. The van der Waals surface area contributed by atoms with E-state index in [0.717, 1.165) is 17.8 Å². The molecule has 0 bridgehead atoms. The second kappa shape index (κ2) is 7.52. The van der Waals surface area contributed by atoms with Gasteiger partial charge >= 0.3 is 0 Å². The number of hydrogen-bond acceptors (Lipinski definition) is 0. The van der Waals surface area contributed by atoms with E-state index in [1.54, 1.807) is 0 Å². The lowest BCUT2D eigenvalue weighted by molar-refractivity contribution is -0.0199. The first-order valence-corrected chi connectivity index (χ1v) is 13.3. The van der Waals surface area contributed by atoms with Crippen LogP contribution >= 0.6 is 0 Å². The van der Waals surface area contributed by atoms with Crippen molar-refractivity contribution in [1.82, 2.24) is 0 Å². The van der Waals surface area contributed by atoms with Gasteiger partial charge in [0.25, 0.3) is 0 Å². The lowest BCUT2D eigenvalue weighted by atomic mass is 9.43. The summed E-state index contributed by atoms with van der Waals surface area (Å²) in [5.41, 5.74) is 7.42. The molecule has 0 aromatic heterocycles. The molecule has 0 N–H and O–H groups in total. The van der Waals surface area contributed by atoms with Gasteiger partial charge in [-0.15, -0.1) is 0 Å². The fourth-order valence-corrected chi connectivity index (χ4v) is 9.57. The summed E-state index contributed by atoms with van der Waals surface area (Å²) >= 11 is 0. The second-order valence-electron chi connectivity index (χ2n) is 13.5. The molecular weight excluding hydrogens is 360 g/mol. The van der Waals surface area contributed by atoms with Gasteiger partial charge in [0.2, 0.25) is 0 Å². The average Bonchev–Trinajstić information content (AvgIpc) is 2.92. The van der Waals surface area contributed by atoms with Crippen molar-refractivity contribution in [3.05, 3.63) is 22.8 Å². The molecule has 4 aliphatic rings. The molecular formula is C30H50. The average molecular weight is 411 g/mol. The lowest BCUT2D eigenvalue weighted by Gasteiger charge is -2.61. The van der Waals surface area contributed by atoms with Crippen LogP contribution in [-0.4, -0.2) is 0 Å². The highest BCUT2D eigenvalue weighted by molar-refractivity contribution is 5.38. The number of rotatable bonds is 4. The Balaban J connectivity index is 1.64. The quantitative estimate of drug-likeness (QED) is 0.405. The minimum Gasteiger partial charge on any atom is -0.0859 e. The van der Waals surface area contributed by atoms with E-state index in [0.29, 0.717) is 21.7 Å². The Labute approximate surface area is 188 Å². The largest absolute Gasteiger partial charge is 0.0859 e. The van der Waals surface area contributed by atoms with Crippen molar-refractivity contribution in [3.63, 3.8) is 0 Å². The topological polar surface area (TPSA) is 0 Å². The molecule has 4 rings (SSSR count). The fourth-order valence-electron chi connectivity index (χ4n) is 9.57. The zero-order valence-electron chi connectivity index (χ0n) is 21.6. The third kappa shape index (κ3) is 3.21. The van der Waals surface area contributed by atoms with Gasteiger partial charge in [0.15, 0.2) is 0 Å². The molecule has 0 saturated heterocycles. The fraction of sp³-hybridized carbons (Fsp3) is 0.867. The summed E-state index contributed by atoms with van der Waals surface area (Å²) in [5, 5.41) is 0. The van der Waals surface area contributed by atoms with Crippen LogP contribution < -0.4 is 0 Å². The van der Waals surface area contributed by atoms with Crippen LogP contribution in [0.5, 0.6) is 0 Å². The molecule has 2 saturated carbocycles. The summed E-state index contributed by atoms with van der Waals surface area (Å²) < 4.78 is 0. The van der Waals surface area contributed by atoms with Gasteiger partial charge in [-0.1, -0.05) is 70.8 Å². The molecule has 30 heavy (non-hydrogen) atoms. The zero-order chi connectivity index (χ0) is 21.9. The highest BCUT2D eigenvalue weighted by Crippen LogP contribution is 2.72. The Morgan fingerprint density at radius 3 is 2.37 bits per heavy atom. The molecule has 0 amide bonds. The van der Waals surface area contributed by atoms with Gasteiger partial charge in [-0.05, 0) is 117 Å². The van der Waals surface area contributed by atoms with Gasteiger partial charge in [0.05, 0.1) is 0 Å². The summed E-state index contributed by atoms with van der Waals surface area (Å²) in [6, 6.07) is 0. The number of allylic oxidation sites excluding steroid dienone is 4. The van der Waals surface area contributed by atoms with Crippen LogP contribution in [0.2, 0.25) is 0 Å². The first-order valence-electron chi connectivity index (χ1n) is 13.3. The predicted octanol–water partition coefficient (Wildman–Crippen LogP) is 9.51. The lowest BCUT2D eigenvalue weighted by Crippen LogP contribution is -2.51. The van der Waals surface area contributed by atoms with Crippen LogP contribution in [0.4, 0.5) is 0 Å². The van der Waals surface area contributed by atoms with Gasteiger partial charge in [0.1, 0.15) is 0 Å². The Hall–Kier alpha value is -0.520. The first-order chi connectivity index (χ1) is 14.0. The van der Waals surface area contributed by atoms with E-state index in [9.17, 15) is 0 Å². The SMILES string of the molecule is CC(C)=CCC[C@@H](C)[C@@H]1CC[C@]2(C)C3=C(CC[C@@]12C)[C@@]1(C)CCCC(C)(C)[C@@H]1CC3. The van der Waals surface area contributed by atoms with Crippen LogP contribution in [0, 0.1) is 39.4 Å². The minimum absolute atomic E-state index is 0.464. The van der Waals surface area contributed by atoms with E-state index in [4.69, 9.17) is 0 Å². The molecule has 0 aliphatic heterocycles. The molecule has 4 aliphatic carbocycles. The Morgan fingerprint density at radius 1 is 0.933 bits per heavy atom. The van der Waals surface area contributed by atoms with E-state index in [2.05, 4.69) is 61.5 Å². The van der Waals surface area contributed by atoms with E-state index in [1.165, 1.54) is 76.2 Å². The molecule has 170 valence electrons. The predicted molar refractivity (Wildman–Crippen MR) is 131 cm³/mol. The molecule has 6 atom stereocenters. The smallest absolute Gasteiger partial charge is 0.00568 e. The van der Waals surface area contributed by atoms with Crippen molar-refractivity contribution in [2.45, 2.75) is 126 Å². The first kappa shape index (κ1) is 22.7. The Kier molecular flexibility index (Phi) is 5.68. The van der Waals surface area contributed by atoms with E-state index < -0.39 is 0 Å². The highest BCUT2D eigenvalue weighted by Gasteiger charge is 2.62. The third-order valence-corrected chi connectivity index (χ3v) is 11.4. The summed E-state index contributed by atoms with van der Waals surface area (Å²) in [5.74, 6) is 2.68. The van der Waals surface area contributed by atoms with E-state index in [1.807, 2.05) is 11.1 Å². The molecule has 0 aromatic carbocycles. The van der Waals surface area contributed by atoms with Crippen molar-refractivity contribution in [2.24, 2.45) is 39.4 Å². The molecule has 0 heteroatoms. The number of fused-ring (bicyclic) bond motifs is 4.